The summed E-state index contributed by atoms with van der Waals surface area (Å²) in [6.45, 7) is 31.8. The number of pyridine rings is 1. The molecule has 0 spiro atoms. The standard InChI is InChI=1S/C25H39N3O3.C24H35N3O3.2C22H36N4O3/c1-25(2,3)31-24(30)27(4)17-18-5-7-21(8-6-18)23(29)28-15-13-20(14-16-28)19-9-11-22(26)12-10-19;1-24(2,3)30-23(29)27(4)16-17-7-9-19(10-8-17)22(28)26-15-13-18-11-12-21-20(18)6-5-14-25-21;1-22(2,3)29-21(28)24(4)15-17-5-7-18(8-6-17)20(27)25-12-9-19(10-13-25)26-14-11-23-16-26;1-22(2,3)29-21(28)25(4)14-16-5-7-18(8-6-16)20(27)26-11-9-17(10-12-26)19-13-23-15-24-19/h9-12,18,20-21H,5-8,13-17,26H2,1-4H3;5-6,11,14,17,19H,7-10,12-13,15-16H2,1-4H3,(H,26,28);11,14,16-19H,5-10,12-13,15H2,1-4H3;15-18H,5-14H2,1-4H3. The molecule has 4 aliphatic heterocycles. The maximum Gasteiger partial charge on any atom is 0.410 e. The summed E-state index contributed by atoms with van der Waals surface area (Å²) < 4.78 is 23.9. The fourth-order valence-corrected chi connectivity index (χ4v) is 18.3. The summed E-state index contributed by atoms with van der Waals surface area (Å²) in [5, 5.41) is 3.12. The van der Waals surface area contributed by atoms with Gasteiger partial charge in [-0.3, -0.25) is 29.2 Å². The van der Waals surface area contributed by atoms with Crippen LogP contribution in [0.3, 0.4) is 0 Å². The quantitative estimate of drug-likeness (QED) is 0.0884. The number of aromatic nitrogens is 3. The number of nitrogens with one attached hydrogen (secondary N) is 1. The van der Waals surface area contributed by atoms with Crippen molar-refractivity contribution in [2.75, 3.05) is 112 Å². The Labute approximate surface area is 710 Å². The van der Waals surface area contributed by atoms with Gasteiger partial charge in [0.25, 0.3) is 0 Å². The van der Waals surface area contributed by atoms with Gasteiger partial charge >= 0.3 is 24.4 Å². The van der Waals surface area contributed by atoms with Crippen LogP contribution in [0.2, 0.25) is 0 Å². The highest BCUT2D eigenvalue weighted by Gasteiger charge is 2.39. The normalized spacial score (nSPS) is 23.2. The second-order valence-corrected chi connectivity index (χ2v) is 39.3. The molecule has 26 nitrogen and oxygen atoms in total. The second kappa shape index (κ2) is 43.8. The predicted molar refractivity (Wildman–Crippen MR) is 467 cm³/mol. The van der Waals surface area contributed by atoms with E-state index >= 15 is 0 Å². The minimum absolute atomic E-state index is 0.0830. The van der Waals surface area contributed by atoms with Crippen molar-refractivity contribution >= 4 is 71.3 Å². The SMILES string of the molecule is CN(CC1CCC(C(=O)N2CCC(C3=NC=NC3)CC2)CC1)C(=O)OC(C)(C)C.CN(CC1CCC(C(=O)N2CCC(c3ccc(N)cc3)CC2)CC1)C(=O)OC(C)(C)C.CN(CC1CCC(C(=O)N2CCC(n3ccnc3)CC2)CC1)C(=O)OC(C)(C)C.CN(CC1CCC(C(=O)NCCC2=CCc3ncccc32)CC1)C(=O)OC(C)(C)C. The first-order valence-electron chi connectivity index (χ1n) is 44.7. The number of ether oxygens (including phenoxy) is 4. The average molecular weight is 1650 g/mol. The van der Waals surface area contributed by atoms with E-state index in [-0.39, 0.29) is 54.0 Å². The molecule has 26 heteroatoms. The number of aliphatic imine (C=N–C) groups is 2. The molecule has 1 aromatic carbocycles. The highest BCUT2D eigenvalue weighted by Crippen LogP contribution is 2.38. The third-order valence-corrected chi connectivity index (χ3v) is 25.0. The Morgan fingerprint density at radius 2 is 0.849 bits per heavy atom. The number of piperidine rings is 3. The molecule has 8 amide bonds. The summed E-state index contributed by atoms with van der Waals surface area (Å²) in [7, 11) is 7.19. The Kier molecular flexibility index (Phi) is 34.7. The number of nitrogen functional groups attached to an aromatic ring is 1. The number of nitrogens with two attached hydrogens (primary N) is 1. The highest BCUT2D eigenvalue weighted by atomic mass is 16.6. The molecule has 3 N–H and O–H groups in total. The predicted octanol–water partition coefficient (Wildman–Crippen LogP) is 15.9. The van der Waals surface area contributed by atoms with Gasteiger partial charge in [0, 0.05) is 172 Å². The van der Waals surface area contributed by atoms with E-state index in [1.165, 1.54) is 22.4 Å². The van der Waals surface area contributed by atoms with Crippen molar-refractivity contribution in [3.05, 3.63) is 84.2 Å². The topological polar surface area (TPSA) is 290 Å². The molecule has 0 atom stereocenters. The number of allylic oxidation sites excluding steroid dienone is 1. The summed E-state index contributed by atoms with van der Waals surface area (Å²) in [5.41, 5.74) is 10.9. The van der Waals surface area contributed by atoms with Gasteiger partial charge in [-0.15, -0.1) is 0 Å². The maximum absolute atomic E-state index is 13.1. The van der Waals surface area contributed by atoms with Crippen LogP contribution in [0.15, 0.2) is 77.4 Å². The average Bonchev–Trinajstić information content (AvgIpc) is 1.82. The van der Waals surface area contributed by atoms with Crippen molar-refractivity contribution < 1.29 is 57.3 Å². The number of anilines is 1. The van der Waals surface area contributed by atoms with Crippen molar-refractivity contribution in [3.8, 4) is 0 Å². The van der Waals surface area contributed by atoms with E-state index in [1.807, 2.05) is 126 Å². The first-order chi connectivity index (χ1) is 56.3. The summed E-state index contributed by atoms with van der Waals surface area (Å²) in [6, 6.07) is 12.7. The van der Waals surface area contributed by atoms with E-state index in [2.05, 4.69) is 68.8 Å². The van der Waals surface area contributed by atoms with Gasteiger partial charge in [0.1, 0.15) is 28.7 Å². The van der Waals surface area contributed by atoms with Crippen LogP contribution in [0.5, 0.6) is 0 Å². The second-order valence-electron chi connectivity index (χ2n) is 39.3. The Bertz CT molecular complexity index is 3840. The van der Waals surface area contributed by atoms with Gasteiger partial charge in [0.2, 0.25) is 23.6 Å². The monoisotopic (exact) mass is 1650 g/mol. The fraction of sp³-hybridized carbons (Fsp3) is 0.720. The van der Waals surface area contributed by atoms with E-state index in [9.17, 15) is 38.4 Å². The molecule has 12 rings (SSSR count). The zero-order valence-electron chi connectivity index (χ0n) is 75.1. The fourth-order valence-electron chi connectivity index (χ4n) is 18.3. The zero-order valence-corrected chi connectivity index (χ0v) is 75.1. The maximum atomic E-state index is 13.1. The lowest BCUT2D eigenvalue weighted by Crippen LogP contribution is -2.44. The first kappa shape index (κ1) is 94.3. The van der Waals surface area contributed by atoms with Gasteiger partial charge in [-0.1, -0.05) is 24.3 Å². The van der Waals surface area contributed by atoms with Crippen molar-refractivity contribution in [2.45, 2.75) is 272 Å². The summed E-state index contributed by atoms with van der Waals surface area (Å²) >= 11 is 0. The molecular formula is C93H146N14O12. The Morgan fingerprint density at radius 1 is 0.471 bits per heavy atom. The van der Waals surface area contributed by atoms with Crippen LogP contribution in [0, 0.1) is 53.3 Å². The van der Waals surface area contributed by atoms with Gasteiger partial charge in [0.05, 0.1) is 18.6 Å². The smallest absolute Gasteiger partial charge is 0.410 e. The Balaban J connectivity index is 0.000000181. The zero-order chi connectivity index (χ0) is 86.4. The van der Waals surface area contributed by atoms with E-state index in [0.717, 1.165) is 211 Å². The van der Waals surface area contributed by atoms with Crippen LogP contribution in [0.1, 0.15) is 260 Å². The number of rotatable bonds is 18. The van der Waals surface area contributed by atoms with Crippen LogP contribution < -0.4 is 11.1 Å². The van der Waals surface area contributed by atoms with Crippen LogP contribution in [0.25, 0.3) is 5.57 Å². The van der Waals surface area contributed by atoms with E-state index in [1.54, 1.807) is 54.1 Å². The molecule has 3 saturated heterocycles. The Hall–Kier alpha value is -8.58. The number of hydrogen-bond acceptors (Lipinski definition) is 17. The molecule has 3 aromatic rings. The minimum atomic E-state index is -0.478. The first-order valence-corrected chi connectivity index (χ1v) is 44.7. The number of amides is 8. The third kappa shape index (κ3) is 30.5. The van der Waals surface area contributed by atoms with Gasteiger partial charge in [-0.25, -0.2) is 29.2 Å². The van der Waals surface area contributed by atoms with Crippen LogP contribution in [-0.4, -0.2) is 238 Å². The molecule has 119 heavy (non-hydrogen) atoms. The van der Waals surface area contributed by atoms with E-state index in [4.69, 9.17) is 24.7 Å². The van der Waals surface area contributed by atoms with Crippen molar-refractivity contribution in [1.29, 1.82) is 0 Å². The van der Waals surface area contributed by atoms with Gasteiger partial charge in [-0.2, -0.15) is 0 Å². The van der Waals surface area contributed by atoms with E-state index < -0.39 is 22.4 Å². The number of fused-ring (bicyclic) bond motifs is 1. The lowest BCUT2D eigenvalue weighted by molar-refractivity contribution is -0.139. The number of imidazole rings is 1. The number of nitrogens with zero attached hydrogens (tertiary/aromatic N) is 12. The van der Waals surface area contributed by atoms with Crippen molar-refractivity contribution in [2.24, 2.45) is 63.2 Å². The van der Waals surface area contributed by atoms with Gasteiger partial charge in [-0.05, 0) is 295 Å². The summed E-state index contributed by atoms with van der Waals surface area (Å²) in [6.07, 6.45) is 33.3. The van der Waals surface area contributed by atoms with Crippen LogP contribution >= 0.6 is 0 Å². The highest BCUT2D eigenvalue weighted by molar-refractivity contribution is 5.98. The molecule has 0 unspecified atom stereocenters. The molecule has 7 fully saturated rings. The molecule has 5 aliphatic carbocycles. The van der Waals surface area contributed by atoms with Crippen LogP contribution in [-0.2, 0) is 44.5 Å². The number of carbonyl (C=O) groups is 8. The number of carbonyl (C=O) groups excluding carboxylic acids is 8. The minimum Gasteiger partial charge on any atom is -0.444 e. The van der Waals surface area contributed by atoms with Crippen LogP contribution in [0.4, 0.5) is 24.9 Å². The molecular weight excluding hydrogens is 1510 g/mol. The molecule has 0 bridgehead atoms. The molecule has 0 radical (unpaired) electrons. The van der Waals surface area contributed by atoms with Gasteiger partial charge in [0.15, 0.2) is 0 Å². The summed E-state index contributed by atoms with van der Waals surface area (Å²) in [4.78, 5) is 130. The molecule has 6 heterocycles. The largest absolute Gasteiger partial charge is 0.444 e. The van der Waals surface area contributed by atoms with Crippen molar-refractivity contribution in [3.63, 3.8) is 0 Å². The van der Waals surface area contributed by atoms with Crippen molar-refractivity contribution in [1.82, 2.24) is 54.2 Å². The third-order valence-electron chi connectivity index (χ3n) is 25.0. The molecule has 660 valence electrons. The number of likely N-dealkylation sites (tertiary alicyclic amines) is 3. The number of hydrogen-bond donors (Lipinski definition) is 2. The number of benzene rings is 1. The summed E-state index contributed by atoms with van der Waals surface area (Å²) in [5.74, 6) is 4.42. The lowest BCUT2D eigenvalue weighted by Gasteiger charge is -2.37. The molecule has 2 aromatic heterocycles. The molecule has 4 saturated carbocycles. The lowest BCUT2D eigenvalue weighted by atomic mass is 9.80. The molecule has 9 aliphatic rings. The van der Waals surface area contributed by atoms with E-state index in [0.29, 0.717) is 92.0 Å². The Morgan fingerprint density at radius 3 is 1.21 bits per heavy atom. The van der Waals surface area contributed by atoms with Gasteiger partial charge < -0.3 is 68.9 Å².